The summed E-state index contributed by atoms with van der Waals surface area (Å²) in [7, 11) is 1.46. The molecule has 1 aromatic carbocycles. The highest BCUT2D eigenvalue weighted by Gasteiger charge is 2.33. The van der Waals surface area contributed by atoms with Crippen molar-refractivity contribution < 1.29 is 23.5 Å². The van der Waals surface area contributed by atoms with E-state index < -0.39 is 12.2 Å². The van der Waals surface area contributed by atoms with Gasteiger partial charge in [-0.25, -0.2) is 9.18 Å². The van der Waals surface area contributed by atoms with Gasteiger partial charge in [0.1, 0.15) is 17.7 Å². The van der Waals surface area contributed by atoms with E-state index in [2.05, 4.69) is 10.2 Å². The highest BCUT2D eigenvalue weighted by atomic mass is 32.1. The third-order valence-corrected chi connectivity index (χ3v) is 5.58. The molecule has 10 heteroatoms. The highest BCUT2D eigenvalue weighted by Crippen LogP contribution is 2.28. The Labute approximate surface area is 180 Å². The molecule has 1 amide bonds. The third kappa shape index (κ3) is 5.57. The Hall–Kier alpha value is -2.46. The SMILES string of the molecule is COC(=S)NC[C@H]1CN(c2ccc(N3CCN(CCC(C)=O)CC3)c(F)c2)C(=O)O1. The molecule has 2 saturated heterocycles. The summed E-state index contributed by atoms with van der Waals surface area (Å²) in [5.41, 5.74) is 0.972. The van der Waals surface area contributed by atoms with Crippen LogP contribution in [-0.4, -0.2) is 81.0 Å². The quantitative estimate of drug-likeness (QED) is 0.646. The first-order chi connectivity index (χ1) is 14.4. The van der Waals surface area contributed by atoms with Gasteiger partial charge in [0, 0.05) is 39.1 Å². The van der Waals surface area contributed by atoms with E-state index in [0.717, 1.165) is 19.6 Å². The Kier molecular flexibility index (Phi) is 7.43. The van der Waals surface area contributed by atoms with E-state index in [1.807, 2.05) is 4.90 Å². The molecule has 8 nitrogen and oxygen atoms in total. The molecule has 164 valence electrons. The lowest BCUT2D eigenvalue weighted by atomic mass is 10.2. The zero-order valence-electron chi connectivity index (χ0n) is 17.2. The van der Waals surface area contributed by atoms with E-state index in [-0.39, 0.29) is 16.8 Å². The van der Waals surface area contributed by atoms with Gasteiger partial charge in [-0.05, 0) is 37.3 Å². The topological polar surface area (TPSA) is 74.4 Å². The minimum Gasteiger partial charge on any atom is -0.474 e. The van der Waals surface area contributed by atoms with E-state index in [0.29, 0.717) is 44.0 Å². The van der Waals surface area contributed by atoms with Gasteiger partial charge in [-0.3, -0.25) is 14.6 Å². The number of rotatable bonds is 7. The smallest absolute Gasteiger partial charge is 0.414 e. The molecule has 0 unspecified atom stereocenters. The van der Waals surface area contributed by atoms with Gasteiger partial charge in [-0.1, -0.05) is 0 Å². The van der Waals surface area contributed by atoms with Crippen molar-refractivity contribution in [1.29, 1.82) is 0 Å². The second-order valence-electron chi connectivity index (χ2n) is 7.41. The third-order valence-electron chi connectivity index (χ3n) is 5.27. The van der Waals surface area contributed by atoms with Gasteiger partial charge < -0.3 is 19.7 Å². The number of carbonyl (C=O) groups is 2. The van der Waals surface area contributed by atoms with Crippen LogP contribution in [0.4, 0.5) is 20.6 Å². The summed E-state index contributed by atoms with van der Waals surface area (Å²) in [5, 5.41) is 3.07. The van der Waals surface area contributed by atoms with Crippen LogP contribution < -0.4 is 15.1 Å². The second-order valence-corrected chi connectivity index (χ2v) is 7.78. The van der Waals surface area contributed by atoms with Crippen molar-refractivity contribution in [2.24, 2.45) is 0 Å². The summed E-state index contributed by atoms with van der Waals surface area (Å²) < 4.78 is 25.0. The number of carbonyl (C=O) groups excluding carboxylic acids is 2. The van der Waals surface area contributed by atoms with Gasteiger partial charge in [-0.2, -0.15) is 0 Å². The number of amides is 1. The zero-order chi connectivity index (χ0) is 21.7. The van der Waals surface area contributed by atoms with E-state index in [4.69, 9.17) is 21.7 Å². The van der Waals surface area contributed by atoms with Crippen LogP contribution in [0.25, 0.3) is 0 Å². The van der Waals surface area contributed by atoms with Crippen LogP contribution in [0.3, 0.4) is 0 Å². The average molecular weight is 439 g/mol. The Morgan fingerprint density at radius 1 is 1.33 bits per heavy atom. The number of halogens is 1. The predicted octanol–water partition coefficient (Wildman–Crippen LogP) is 1.77. The molecule has 1 N–H and O–H groups in total. The molecule has 0 spiro atoms. The number of nitrogens with zero attached hydrogens (tertiary/aromatic N) is 3. The number of anilines is 2. The number of benzene rings is 1. The van der Waals surface area contributed by atoms with Crippen molar-refractivity contribution >= 4 is 40.6 Å². The largest absolute Gasteiger partial charge is 0.474 e. The van der Waals surface area contributed by atoms with Gasteiger partial charge in [0.15, 0.2) is 0 Å². The standard InChI is InChI=1S/C20H27FN4O4S/c1-14(26)5-6-23-7-9-24(10-8-23)18-4-3-15(11-17(18)21)25-13-16(29-20(25)27)12-22-19(30)28-2/h3-4,11,16H,5-10,12-13H2,1-2H3,(H,22,30)/t16-/m0/s1. The highest BCUT2D eigenvalue weighted by molar-refractivity contribution is 7.80. The normalized spacial score (nSPS) is 19.6. The summed E-state index contributed by atoms with van der Waals surface area (Å²) in [6.07, 6.45) is -0.379. The molecular formula is C20H27FN4O4S. The van der Waals surface area contributed by atoms with Gasteiger partial charge >= 0.3 is 6.09 Å². The van der Waals surface area contributed by atoms with Crippen LogP contribution >= 0.6 is 12.2 Å². The number of ether oxygens (including phenoxy) is 2. The fraction of sp³-hybridized carbons (Fsp3) is 0.550. The minimum atomic E-state index is -0.517. The van der Waals surface area contributed by atoms with Gasteiger partial charge in [-0.15, -0.1) is 0 Å². The molecule has 1 aromatic rings. The Balaban J connectivity index is 1.57. The first-order valence-corrected chi connectivity index (χ1v) is 10.3. The first-order valence-electron chi connectivity index (χ1n) is 9.93. The van der Waals surface area contributed by atoms with Crippen molar-refractivity contribution in [3.63, 3.8) is 0 Å². The fourth-order valence-electron chi connectivity index (χ4n) is 3.56. The van der Waals surface area contributed by atoms with Crippen molar-refractivity contribution in [3.05, 3.63) is 24.0 Å². The Morgan fingerprint density at radius 3 is 2.70 bits per heavy atom. The minimum absolute atomic E-state index is 0.180. The molecule has 2 fully saturated rings. The number of ketones is 1. The summed E-state index contributed by atoms with van der Waals surface area (Å²) >= 11 is 4.91. The van der Waals surface area contributed by atoms with Crippen molar-refractivity contribution in [2.75, 3.05) is 62.7 Å². The molecular weight excluding hydrogens is 411 g/mol. The Bertz CT molecular complexity index is 801. The van der Waals surface area contributed by atoms with Crippen LogP contribution in [-0.2, 0) is 14.3 Å². The Morgan fingerprint density at radius 2 is 2.07 bits per heavy atom. The fourth-order valence-corrected chi connectivity index (χ4v) is 3.64. The maximum atomic E-state index is 14.8. The lowest BCUT2D eigenvalue weighted by Crippen LogP contribution is -2.47. The van der Waals surface area contributed by atoms with Crippen LogP contribution in [0, 0.1) is 5.82 Å². The van der Waals surface area contributed by atoms with Gasteiger partial charge in [0.05, 0.1) is 31.6 Å². The van der Waals surface area contributed by atoms with Crippen LogP contribution in [0.1, 0.15) is 13.3 Å². The number of methoxy groups -OCH3 is 1. The average Bonchev–Trinajstić information content (AvgIpc) is 3.11. The number of Topliss-reactive ketones (excluding diaryl/α,β-unsaturated/α-hetero) is 1. The van der Waals surface area contributed by atoms with E-state index in [1.165, 1.54) is 18.1 Å². The number of hydrogen-bond donors (Lipinski definition) is 1. The number of piperazine rings is 1. The van der Waals surface area contributed by atoms with Crippen molar-refractivity contribution in [2.45, 2.75) is 19.4 Å². The van der Waals surface area contributed by atoms with Crippen LogP contribution in [0.2, 0.25) is 0 Å². The molecule has 0 aliphatic carbocycles. The molecule has 0 bridgehead atoms. The molecule has 0 radical (unpaired) electrons. The second kappa shape index (κ2) is 10.0. The van der Waals surface area contributed by atoms with E-state index in [1.54, 1.807) is 19.1 Å². The van der Waals surface area contributed by atoms with Crippen LogP contribution in [0.5, 0.6) is 0 Å². The monoisotopic (exact) mass is 438 g/mol. The molecule has 3 rings (SSSR count). The summed E-state index contributed by atoms with van der Waals surface area (Å²) in [6.45, 7) is 5.90. The molecule has 2 heterocycles. The summed E-state index contributed by atoms with van der Waals surface area (Å²) in [6, 6.07) is 4.81. The van der Waals surface area contributed by atoms with Gasteiger partial charge in [0.2, 0.25) is 0 Å². The maximum absolute atomic E-state index is 14.8. The maximum Gasteiger partial charge on any atom is 0.414 e. The van der Waals surface area contributed by atoms with E-state index in [9.17, 15) is 14.0 Å². The number of nitrogens with one attached hydrogen (secondary N) is 1. The van der Waals surface area contributed by atoms with Crippen molar-refractivity contribution in [3.8, 4) is 0 Å². The molecule has 2 aliphatic heterocycles. The van der Waals surface area contributed by atoms with Crippen molar-refractivity contribution in [1.82, 2.24) is 10.2 Å². The lowest BCUT2D eigenvalue weighted by Gasteiger charge is -2.36. The van der Waals surface area contributed by atoms with Crippen LogP contribution in [0.15, 0.2) is 18.2 Å². The van der Waals surface area contributed by atoms with Gasteiger partial charge in [0.25, 0.3) is 5.17 Å². The number of thiocarbonyl (C=S) groups is 1. The molecule has 1 atom stereocenters. The molecule has 30 heavy (non-hydrogen) atoms. The summed E-state index contributed by atoms with van der Waals surface area (Å²) in [4.78, 5) is 29.0. The molecule has 0 saturated carbocycles. The summed E-state index contributed by atoms with van der Waals surface area (Å²) in [5.74, 6) is -0.196. The number of cyclic esters (lactones) is 1. The van der Waals surface area contributed by atoms with E-state index >= 15 is 0 Å². The zero-order valence-corrected chi connectivity index (χ0v) is 18.0. The predicted molar refractivity (Wildman–Crippen MR) is 116 cm³/mol. The lowest BCUT2D eigenvalue weighted by molar-refractivity contribution is -0.117. The first kappa shape index (κ1) is 22.2. The molecule has 0 aromatic heterocycles. The number of hydrogen-bond acceptors (Lipinski definition) is 7. The molecule has 2 aliphatic rings.